The van der Waals surface area contributed by atoms with E-state index >= 15 is 0 Å². The van der Waals surface area contributed by atoms with Crippen LogP contribution in [0.25, 0.3) is 6.08 Å². The lowest BCUT2D eigenvalue weighted by Crippen LogP contribution is -2.14. The number of benzene rings is 1. The summed E-state index contributed by atoms with van der Waals surface area (Å²) in [6, 6.07) is 10.8. The SMILES string of the molecule is C=Cc1ccc(C(=O)Nc2ccc(C)c(Oc3ncccn3)c2)nc1NC.[HH].[HH]. The van der Waals surface area contributed by atoms with E-state index in [0.29, 0.717) is 22.9 Å². The Balaban J connectivity index is 0.00000210. The molecule has 1 amide bonds. The zero-order valence-electron chi connectivity index (χ0n) is 15.1. The van der Waals surface area contributed by atoms with Gasteiger partial charge in [0, 0.05) is 39.6 Å². The molecule has 0 saturated heterocycles. The monoisotopic (exact) mass is 365 g/mol. The molecule has 0 fully saturated rings. The molecular weight excluding hydrogens is 342 g/mol. The van der Waals surface area contributed by atoms with Crippen LogP contribution in [-0.2, 0) is 0 Å². The van der Waals surface area contributed by atoms with Gasteiger partial charge in [0.2, 0.25) is 0 Å². The Morgan fingerprint density at radius 1 is 1.22 bits per heavy atom. The van der Waals surface area contributed by atoms with E-state index in [1.165, 1.54) is 0 Å². The number of rotatable bonds is 6. The topological polar surface area (TPSA) is 89.0 Å². The highest BCUT2D eigenvalue weighted by Gasteiger charge is 2.12. The second kappa shape index (κ2) is 8.09. The summed E-state index contributed by atoms with van der Waals surface area (Å²) in [5.41, 5.74) is 2.59. The molecule has 2 aromatic heterocycles. The van der Waals surface area contributed by atoms with E-state index in [0.717, 1.165) is 11.1 Å². The van der Waals surface area contributed by atoms with Gasteiger partial charge in [-0.15, -0.1) is 0 Å². The van der Waals surface area contributed by atoms with E-state index in [2.05, 4.69) is 32.2 Å². The van der Waals surface area contributed by atoms with Crippen molar-refractivity contribution < 1.29 is 12.4 Å². The van der Waals surface area contributed by atoms with Crippen molar-refractivity contribution in [2.45, 2.75) is 6.92 Å². The van der Waals surface area contributed by atoms with Crippen molar-refractivity contribution in [3.05, 3.63) is 72.2 Å². The molecule has 0 aliphatic carbocycles. The summed E-state index contributed by atoms with van der Waals surface area (Å²) in [6.07, 6.45) is 4.87. The number of anilines is 2. The number of aromatic nitrogens is 3. The predicted molar refractivity (Wildman–Crippen MR) is 109 cm³/mol. The van der Waals surface area contributed by atoms with Gasteiger partial charge in [-0.1, -0.05) is 18.7 Å². The number of nitrogens with one attached hydrogen (secondary N) is 2. The Morgan fingerprint density at radius 2 is 2.00 bits per heavy atom. The Labute approximate surface area is 160 Å². The van der Waals surface area contributed by atoms with Crippen LogP contribution >= 0.6 is 0 Å². The number of amides is 1. The van der Waals surface area contributed by atoms with Crippen LogP contribution in [0.4, 0.5) is 11.5 Å². The molecule has 1 aromatic carbocycles. The molecule has 0 aliphatic rings. The Kier molecular flexibility index (Phi) is 5.41. The van der Waals surface area contributed by atoms with Crippen molar-refractivity contribution in [1.82, 2.24) is 15.0 Å². The first-order valence-electron chi connectivity index (χ1n) is 8.29. The summed E-state index contributed by atoms with van der Waals surface area (Å²) < 4.78 is 5.69. The van der Waals surface area contributed by atoms with Crippen molar-refractivity contribution in [2.24, 2.45) is 0 Å². The van der Waals surface area contributed by atoms with Gasteiger partial charge in [0.05, 0.1) is 0 Å². The molecule has 0 aliphatic heterocycles. The summed E-state index contributed by atoms with van der Waals surface area (Å²) in [6.45, 7) is 5.63. The maximum Gasteiger partial charge on any atom is 0.321 e. The standard InChI is InChI=1S/C20H19N5O2.2H2/c1-4-14-7-9-16(25-18(14)21-3)19(26)24-15-8-6-13(2)17(12-15)27-20-22-10-5-11-23-20;;/h4-12H,1H2,2-3H3,(H,21,25)(H,24,26);2*1H. The summed E-state index contributed by atoms with van der Waals surface area (Å²) in [5.74, 6) is 0.824. The normalized spacial score (nSPS) is 10.1. The number of carbonyl (C=O) groups is 1. The van der Waals surface area contributed by atoms with Gasteiger partial charge in [0.1, 0.15) is 17.3 Å². The highest BCUT2D eigenvalue weighted by atomic mass is 16.5. The lowest BCUT2D eigenvalue weighted by Gasteiger charge is -2.11. The van der Waals surface area contributed by atoms with Crippen LogP contribution in [-0.4, -0.2) is 27.9 Å². The van der Waals surface area contributed by atoms with Crippen LogP contribution in [0.3, 0.4) is 0 Å². The Hall–Kier alpha value is -3.74. The second-order valence-corrected chi connectivity index (χ2v) is 5.66. The lowest BCUT2D eigenvalue weighted by atomic mass is 10.2. The van der Waals surface area contributed by atoms with Gasteiger partial charge in [-0.2, -0.15) is 0 Å². The summed E-state index contributed by atoms with van der Waals surface area (Å²) in [5, 5.41) is 5.78. The minimum absolute atomic E-state index is 0. The average molecular weight is 365 g/mol. The zero-order valence-corrected chi connectivity index (χ0v) is 15.1. The molecule has 0 saturated carbocycles. The van der Waals surface area contributed by atoms with Crippen molar-refractivity contribution in [1.29, 1.82) is 0 Å². The van der Waals surface area contributed by atoms with Crippen molar-refractivity contribution in [2.75, 3.05) is 17.7 Å². The quantitative estimate of drug-likeness (QED) is 0.673. The molecule has 7 nitrogen and oxygen atoms in total. The fourth-order valence-electron chi connectivity index (χ4n) is 2.38. The first kappa shape index (κ1) is 18.1. The van der Waals surface area contributed by atoms with E-state index in [9.17, 15) is 4.79 Å². The average Bonchev–Trinajstić information content (AvgIpc) is 2.70. The highest BCUT2D eigenvalue weighted by Crippen LogP contribution is 2.26. The van der Waals surface area contributed by atoms with Gasteiger partial charge < -0.3 is 15.4 Å². The number of hydrogen-bond acceptors (Lipinski definition) is 6. The number of carbonyl (C=O) groups excluding carboxylic acids is 1. The third kappa shape index (κ3) is 4.27. The van der Waals surface area contributed by atoms with Crippen LogP contribution in [0, 0.1) is 6.92 Å². The first-order chi connectivity index (χ1) is 13.1. The number of nitrogens with zero attached hydrogens (tertiary/aromatic N) is 3. The number of pyridine rings is 1. The van der Waals surface area contributed by atoms with E-state index < -0.39 is 0 Å². The van der Waals surface area contributed by atoms with E-state index in [1.807, 2.05) is 13.0 Å². The van der Waals surface area contributed by atoms with Gasteiger partial charge >= 0.3 is 6.01 Å². The first-order valence-corrected chi connectivity index (χ1v) is 8.29. The van der Waals surface area contributed by atoms with Gasteiger partial charge in [-0.3, -0.25) is 4.79 Å². The molecule has 0 radical (unpaired) electrons. The molecule has 140 valence electrons. The smallest absolute Gasteiger partial charge is 0.321 e. The molecule has 27 heavy (non-hydrogen) atoms. The van der Waals surface area contributed by atoms with Crippen molar-refractivity contribution in [3.8, 4) is 11.8 Å². The Morgan fingerprint density at radius 3 is 2.70 bits per heavy atom. The van der Waals surface area contributed by atoms with Crippen molar-refractivity contribution >= 4 is 23.5 Å². The number of ether oxygens (including phenoxy) is 1. The summed E-state index contributed by atoms with van der Waals surface area (Å²) >= 11 is 0. The zero-order chi connectivity index (χ0) is 19.2. The van der Waals surface area contributed by atoms with Gasteiger partial charge in [-0.05, 0) is 36.8 Å². The molecule has 2 N–H and O–H groups in total. The molecule has 0 unspecified atom stereocenters. The molecular formula is C20H23N5O2. The molecule has 3 rings (SSSR count). The molecule has 2 heterocycles. The highest BCUT2D eigenvalue weighted by molar-refractivity contribution is 6.03. The fourth-order valence-corrected chi connectivity index (χ4v) is 2.38. The number of hydrogen-bond donors (Lipinski definition) is 2. The molecule has 0 spiro atoms. The van der Waals surface area contributed by atoms with Gasteiger partial charge in [-0.25, -0.2) is 15.0 Å². The van der Waals surface area contributed by atoms with Gasteiger partial charge in [0.15, 0.2) is 0 Å². The van der Waals surface area contributed by atoms with Crippen LogP contribution in [0.15, 0.2) is 55.4 Å². The van der Waals surface area contributed by atoms with Crippen LogP contribution in [0.2, 0.25) is 0 Å². The van der Waals surface area contributed by atoms with E-state index in [4.69, 9.17) is 4.74 Å². The third-order valence-corrected chi connectivity index (χ3v) is 3.81. The van der Waals surface area contributed by atoms with Crippen molar-refractivity contribution in [3.63, 3.8) is 0 Å². The molecule has 0 atom stereocenters. The predicted octanol–water partition coefficient (Wildman–Crippen LogP) is 4.40. The third-order valence-electron chi connectivity index (χ3n) is 3.81. The molecule has 3 aromatic rings. The number of aryl methyl sites for hydroxylation is 1. The van der Waals surface area contributed by atoms with E-state index in [-0.39, 0.29) is 14.8 Å². The lowest BCUT2D eigenvalue weighted by molar-refractivity contribution is 0.102. The van der Waals surface area contributed by atoms with Crippen LogP contribution in [0.1, 0.15) is 24.5 Å². The second-order valence-electron chi connectivity index (χ2n) is 5.66. The maximum absolute atomic E-state index is 12.5. The largest absolute Gasteiger partial charge is 0.424 e. The molecule has 0 bridgehead atoms. The van der Waals surface area contributed by atoms with Crippen LogP contribution in [0.5, 0.6) is 11.8 Å². The Bertz CT molecular complexity index is 984. The van der Waals surface area contributed by atoms with E-state index in [1.54, 1.807) is 55.8 Å². The minimum atomic E-state index is -0.326. The summed E-state index contributed by atoms with van der Waals surface area (Å²) in [4.78, 5) is 24.9. The minimum Gasteiger partial charge on any atom is -0.424 e. The summed E-state index contributed by atoms with van der Waals surface area (Å²) in [7, 11) is 1.74. The van der Waals surface area contributed by atoms with Crippen LogP contribution < -0.4 is 15.4 Å². The maximum atomic E-state index is 12.5. The molecule has 7 heteroatoms. The van der Waals surface area contributed by atoms with Gasteiger partial charge in [0.25, 0.3) is 5.91 Å². The fraction of sp³-hybridized carbons (Fsp3) is 0.100.